The van der Waals surface area contributed by atoms with Gasteiger partial charge in [0, 0.05) is 51.9 Å². The number of aromatic nitrogens is 1. The van der Waals surface area contributed by atoms with E-state index in [2.05, 4.69) is 10.3 Å². The average molecular weight is 392 g/mol. The lowest BCUT2D eigenvalue weighted by Crippen LogP contribution is -2.35. The van der Waals surface area contributed by atoms with Crippen molar-refractivity contribution in [2.45, 2.75) is 17.9 Å². The number of amides is 2. The zero-order chi connectivity index (χ0) is 19.9. The lowest BCUT2D eigenvalue weighted by molar-refractivity contribution is 0.199. The van der Waals surface area contributed by atoms with E-state index in [1.54, 1.807) is 29.4 Å². The van der Waals surface area contributed by atoms with Crippen molar-refractivity contribution in [3.8, 4) is 0 Å². The number of carbonyl (C=O) groups excluding carboxylic acids is 1. The van der Waals surface area contributed by atoms with Crippen molar-refractivity contribution in [3.63, 3.8) is 0 Å². The van der Waals surface area contributed by atoms with E-state index in [1.807, 2.05) is 12.1 Å². The molecule has 2 amide bonds. The molecule has 0 saturated heterocycles. The van der Waals surface area contributed by atoms with Gasteiger partial charge in [-0.25, -0.2) is 17.5 Å². The third-order valence-electron chi connectivity index (χ3n) is 3.86. The molecule has 0 radical (unpaired) electrons. The lowest BCUT2D eigenvalue weighted by Gasteiger charge is -2.23. The van der Waals surface area contributed by atoms with Crippen LogP contribution in [-0.4, -0.2) is 61.0 Å². The Morgan fingerprint density at radius 2 is 1.89 bits per heavy atom. The number of aliphatic hydroxyl groups is 1. The molecule has 0 aliphatic heterocycles. The molecule has 2 aromatic rings. The zero-order valence-electron chi connectivity index (χ0n) is 15.4. The van der Waals surface area contributed by atoms with E-state index < -0.39 is 10.0 Å². The molecular formula is C18H24N4O4S. The van der Waals surface area contributed by atoms with Gasteiger partial charge < -0.3 is 15.3 Å². The number of carbonyl (C=O) groups is 1. The molecule has 0 atom stereocenters. The highest BCUT2D eigenvalue weighted by atomic mass is 32.2. The number of pyridine rings is 1. The van der Waals surface area contributed by atoms with E-state index in [4.69, 9.17) is 5.11 Å². The monoisotopic (exact) mass is 392 g/mol. The molecule has 27 heavy (non-hydrogen) atoms. The fraction of sp³-hybridized carbons (Fsp3) is 0.333. The van der Waals surface area contributed by atoms with Crippen LogP contribution in [0.3, 0.4) is 0 Å². The number of nitrogens with zero attached hydrogens (tertiary/aromatic N) is 3. The van der Waals surface area contributed by atoms with Gasteiger partial charge in [0.15, 0.2) is 0 Å². The second kappa shape index (κ2) is 9.45. The van der Waals surface area contributed by atoms with E-state index in [0.717, 1.165) is 9.87 Å². The first kappa shape index (κ1) is 20.8. The second-order valence-electron chi connectivity index (χ2n) is 6.10. The van der Waals surface area contributed by atoms with Crippen molar-refractivity contribution in [2.75, 3.05) is 32.6 Å². The number of nitrogens with one attached hydrogen (secondary N) is 1. The summed E-state index contributed by atoms with van der Waals surface area (Å²) in [4.78, 5) is 18.3. The first-order valence-corrected chi connectivity index (χ1v) is 9.87. The van der Waals surface area contributed by atoms with Crippen LogP contribution in [0.2, 0.25) is 0 Å². The van der Waals surface area contributed by atoms with Crippen LogP contribution in [0, 0.1) is 0 Å². The minimum atomic E-state index is -3.59. The van der Waals surface area contributed by atoms with Crippen LogP contribution in [0.15, 0.2) is 53.7 Å². The predicted octanol–water partition coefficient (Wildman–Crippen LogP) is 1.75. The molecule has 1 aromatic carbocycles. The van der Waals surface area contributed by atoms with E-state index in [9.17, 15) is 13.2 Å². The fourth-order valence-electron chi connectivity index (χ4n) is 2.37. The molecule has 2 rings (SSSR count). The molecule has 1 aromatic heterocycles. The Labute approximate surface area is 159 Å². The van der Waals surface area contributed by atoms with Crippen molar-refractivity contribution in [2.24, 2.45) is 0 Å². The molecule has 0 bridgehead atoms. The molecule has 1 heterocycles. The number of hydrogen-bond donors (Lipinski definition) is 2. The van der Waals surface area contributed by atoms with Gasteiger partial charge in [-0.05, 0) is 42.3 Å². The van der Waals surface area contributed by atoms with E-state index >= 15 is 0 Å². The van der Waals surface area contributed by atoms with Gasteiger partial charge in [0.25, 0.3) is 0 Å². The number of rotatable bonds is 8. The van der Waals surface area contributed by atoms with Gasteiger partial charge in [0.05, 0.1) is 4.90 Å². The summed E-state index contributed by atoms with van der Waals surface area (Å²) in [6.45, 7) is 0.682. The van der Waals surface area contributed by atoms with Crippen molar-refractivity contribution in [1.29, 1.82) is 0 Å². The summed E-state index contributed by atoms with van der Waals surface area (Å²) in [5, 5.41) is 11.8. The molecule has 0 unspecified atom stereocenters. The quantitative estimate of drug-likeness (QED) is 0.712. The highest BCUT2D eigenvalue weighted by Gasteiger charge is 2.19. The van der Waals surface area contributed by atoms with E-state index in [0.29, 0.717) is 25.2 Å². The van der Waals surface area contributed by atoms with Gasteiger partial charge in [-0.1, -0.05) is 6.07 Å². The lowest BCUT2D eigenvalue weighted by atomic mass is 10.2. The Hall–Kier alpha value is -2.49. The number of urea groups is 1. The highest BCUT2D eigenvalue weighted by molar-refractivity contribution is 7.89. The van der Waals surface area contributed by atoms with Crippen molar-refractivity contribution in [1.82, 2.24) is 14.2 Å². The molecule has 0 aliphatic rings. The first-order chi connectivity index (χ1) is 12.8. The molecule has 0 fully saturated rings. The maximum atomic E-state index is 12.7. The minimum absolute atomic E-state index is 0.0311. The number of sulfonamides is 1. The summed E-state index contributed by atoms with van der Waals surface area (Å²) in [5.74, 6) is 0. The standard InChI is InChI=1S/C18H24N4O4S/c1-21(2)27(25,26)17-6-3-5-16(13-17)20-18(24)22(11-4-12-23)14-15-7-9-19-10-8-15/h3,5-10,13,23H,4,11-12,14H2,1-2H3,(H,20,24). The summed E-state index contributed by atoms with van der Waals surface area (Å²) >= 11 is 0. The maximum absolute atomic E-state index is 12.7. The Morgan fingerprint density at radius 1 is 1.19 bits per heavy atom. The van der Waals surface area contributed by atoms with Gasteiger partial charge in [-0.3, -0.25) is 4.98 Å². The van der Waals surface area contributed by atoms with Crippen LogP contribution in [0.25, 0.3) is 0 Å². The summed E-state index contributed by atoms with van der Waals surface area (Å²) in [7, 11) is -0.689. The van der Waals surface area contributed by atoms with Gasteiger partial charge in [-0.15, -0.1) is 0 Å². The largest absolute Gasteiger partial charge is 0.396 e. The van der Waals surface area contributed by atoms with Crippen LogP contribution in [0.4, 0.5) is 10.5 Å². The maximum Gasteiger partial charge on any atom is 0.322 e. The van der Waals surface area contributed by atoms with Crippen LogP contribution in [0.1, 0.15) is 12.0 Å². The normalized spacial score (nSPS) is 11.4. The summed E-state index contributed by atoms with van der Waals surface area (Å²) in [6.07, 6.45) is 3.73. The smallest absolute Gasteiger partial charge is 0.322 e. The first-order valence-electron chi connectivity index (χ1n) is 8.43. The van der Waals surface area contributed by atoms with Crippen LogP contribution >= 0.6 is 0 Å². The van der Waals surface area contributed by atoms with Gasteiger partial charge in [-0.2, -0.15) is 0 Å². The second-order valence-corrected chi connectivity index (χ2v) is 8.25. The third kappa shape index (κ3) is 5.75. The summed E-state index contributed by atoms with van der Waals surface area (Å²) in [6, 6.07) is 9.35. The molecule has 2 N–H and O–H groups in total. The van der Waals surface area contributed by atoms with Gasteiger partial charge in [0.2, 0.25) is 10.0 Å². The van der Waals surface area contributed by atoms with Crippen LogP contribution in [-0.2, 0) is 16.6 Å². The number of anilines is 1. The topological polar surface area (TPSA) is 103 Å². The minimum Gasteiger partial charge on any atom is -0.396 e. The zero-order valence-corrected chi connectivity index (χ0v) is 16.2. The predicted molar refractivity (Wildman–Crippen MR) is 103 cm³/mol. The van der Waals surface area contributed by atoms with Crippen molar-refractivity contribution < 1.29 is 18.3 Å². The summed E-state index contributed by atoms with van der Waals surface area (Å²) < 4.78 is 25.6. The average Bonchev–Trinajstić information content (AvgIpc) is 2.66. The Balaban J connectivity index is 2.17. The van der Waals surface area contributed by atoms with Crippen molar-refractivity contribution >= 4 is 21.7 Å². The molecule has 0 spiro atoms. The van der Waals surface area contributed by atoms with Gasteiger partial charge in [0.1, 0.15) is 0 Å². The van der Waals surface area contributed by atoms with Crippen molar-refractivity contribution in [3.05, 3.63) is 54.4 Å². The highest BCUT2D eigenvalue weighted by Crippen LogP contribution is 2.18. The molecule has 9 heteroatoms. The van der Waals surface area contributed by atoms with Crippen LogP contribution < -0.4 is 5.32 Å². The number of aliphatic hydroxyl groups excluding tert-OH is 1. The SMILES string of the molecule is CN(C)S(=O)(=O)c1cccc(NC(=O)N(CCCO)Cc2ccncc2)c1. The third-order valence-corrected chi connectivity index (χ3v) is 5.67. The fourth-order valence-corrected chi connectivity index (χ4v) is 3.32. The molecule has 0 saturated carbocycles. The molecule has 8 nitrogen and oxygen atoms in total. The molecule has 0 aliphatic carbocycles. The van der Waals surface area contributed by atoms with Gasteiger partial charge >= 0.3 is 6.03 Å². The van der Waals surface area contributed by atoms with E-state index in [-0.39, 0.29) is 17.5 Å². The summed E-state index contributed by atoms with van der Waals surface area (Å²) in [5.41, 5.74) is 1.29. The van der Waals surface area contributed by atoms with Crippen LogP contribution in [0.5, 0.6) is 0 Å². The number of benzene rings is 1. The Bertz CT molecular complexity index is 857. The number of hydrogen-bond acceptors (Lipinski definition) is 5. The Morgan fingerprint density at radius 3 is 2.52 bits per heavy atom. The van der Waals surface area contributed by atoms with E-state index in [1.165, 1.54) is 26.2 Å². The Kier molecular flexibility index (Phi) is 7.28. The molecular weight excluding hydrogens is 368 g/mol. The molecule has 146 valence electrons.